The summed E-state index contributed by atoms with van der Waals surface area (Å²) in [5, 5.41) is 0. The zero-order chi connectivity index (χ0) is 21.3. The molecule has 30 heavy (non-hydrogen) atoms. The standard InChI is InChI=1S/C27H41NO2/c1-3-5-7-8-9-13-24-14-16-25(17-15-24)27-19-18-26(23-28-27)30-22-12-11-21-29-20-10-6-4-2/h14-19,23H,3-13,20-22H2,1-2H3. The van der Waals surface area contributed by atoms with Crippen molar-refractivity contribution >= 4 is 0 Å². The Kier molecular flexibility index (Phi) is 12.9. The van der Waals surface area contributed by atoms with Gasteiger partial charge in [0.25, 0.3) is 0 Å². The van der Waals surface area contributed by atoms with Crippen LogP contribution in [0.3, 0.4) is 0 Å². The molecular formula is C27H41NO2. The summed E-state index contributed by atoms with van der Waals surface area (Å²) in [6.07, 6.45) is 15.4. The van der Waals surface area contributed by atoms with Crippen LogP contribution in [0, 0.1) is 0 Å². The largest absolute Gasteiger partial charge is 0.492 e. The number of ether oxygens (including phenoxy) is 2. The number of unbranched alkanes of at least 4 members (excludes halogenated alkanes) is 7. The van der Waals surface area contributed by atoms with Crippen LogP contribution in [0.5, 0.6) is 5.75 Å². The average Bonchev–Trinajstić information content (AvgIpc) is 2.79. The van der Waals surface area contributed by atoms with E-state index in [0.29, 0.717) is 6.61 Å². The minimum absolute atomic E-state index is 0.715. The summed E-state index contributed by atoms with van der Waals surface area (Å²) in [6.45, 7) is 6.91. The van der Waals surface area contributed by atoms with Gasteiger partial charge in [-0.2, -0.15) is 0 Å². The molecule has 2 aromatic rings. The van der Waals surface area contributed by atoms with Gasteiger partial charge in [-0.05, 0) is 49.8 Å². The number of rotatable bonds is 17. The molecule has 0 aliphatic carbocycles. The molecular weight excluding hydrogens is 370 g/mol. The van der Waals surface area contributed by atoms with Crippen molar-refractivity contribution in [2.45, 2.75) is 84.5 Å². The van der Waals surface area contributed by atoms with Crippen molar-refractivity contribution in [2.75, 3.05) is 19.8 Å². The van der Waals surface area contributed by atoms with Crippen molar-refractivity contribution in [1.29, 1.82) is 0 Å². The number of pyridine rings is 1. The molecule has 1 aromatic carbocycles. The number of hydrogen-bond donors (Lipinski definition) is 0. The lowest BCUT2D eigenvalue weighted by molar-refractivity contribution is 0.123. The Morgan fingerprint density at radius 3 is 2.03 bits per heavy atom. The lowest BCUT2D eigenvalue weighted by Crippen LogP contribution is -2.02. The number of aryl methyl sites for hydroxylation is 1. The zero-order valence-corrected chi connectivity index (χ0v) is 19.2. The predicted molar refractivity (Wildman–Crippen MR) is 127 cm³/mol. The monoisotopic (exact) mass is 411 g/mol. The first kappa shape index (κ1) is 24.4. The molecule has 166 valence electrons. The van der Waals surface area contributed by atoms with Crippen molar-refractivity contribution in [3.8, 4) is 17.0 Å². The van der Waals surface area contributed by atoms with E-state index in [1.165, 1.54) is 63.4 Å². The van der Waals surface area contributed by atoms with Crippen LogP contribution >= 0.6 is 0 Å². The highest BCUT2D eigenvalue weighted by Gasteiger charge is 2.02. The first-order chi connectivity index (χ1) is 14.8. The fourth-order valence-electron chi connectivity index (χ4n) is 3.46. The quantitative estimate of drug-likeness (QED) is 0.251. The summed E-state index contributed by atoms with van der Waals surface area (Å²) in [5.41, 5.74) is 3.58. The highest BCUT2D eigenvalue weighted by atomic mass is 16.5. The summed E-state index contributed by atoms with van der Waals surface area (Å²) >= 11 is 0. The molecule has 0 fully saturated rings. The second-order valence-corrected chi connectivity index (χ2v) is 8.12. The third kappa shape index (κ3) is 10.2. The first-order valence-electron chi connectivity index (χ1n) is 12.1. The van der Waals surface area contributed by atoms with Gasteiger partial charge in [0, 0.05) is 18.8 Å². The van der Waals surface area contributed by atoms with E-state index in [0.717, 1.165) is 43.1 Å². The van der Waals surface area contributed by atoms with Crippen molar-refractivity contribution in [3.63, 3.8) is 0 Å². The SMILES string of the molecule is CCCCCCCc1ccc(-c2ccc(OCCCCOCCCCC)cn2)cc1. The van der Waals surface area contributed by atoms with Gasteiger partial charge in [0.05, 0.1) is 18.5 Å². The van der Waals surface area contributed by atoms with Gasteiger partial charge in [-0.3, -0.25) is 4.98 Å². The Morgan fingerprint density at radius 1 is 0.667 bits per heavy atom. The van der Waals surface area contributed by atoms with Gasteiger partial charge in [0.15, 0.2) is 0 Å². The number of aromatic nitrogens is 1. The first-order valence-corrected chi connectivity index (χ1v) is 12.1. The molecule has 0 unspecified atom stereocenters. The van der Waals surface area contributed by atoms with Crippen LogP contribution in [0.1, 0.15) is 83.6 Å². The van der Waals surface area contributed by atoms with Crippen LogP contribution in [0.15, 0.2) is 42.6 Å². The maximum Gasteiger partial charge on any atom is 0.137 e. The summed E-state index contributed by atoms with van der Waals surface area (Å²) in [5.74, 6) is 0.839. The van der Waals surface area contributed by atoms with Crippen molar-refractivity contribution < 1.29 is 9.47 Å². The molecule has 1 aromatic heterocycles. The Bertz CT molecular complexity index is 652. The maximum absolute atomic E-state index is 5.82. The molecule has 0 saturated carbocycles. The van der Waals surface area contributed by atoms with Crippen LogP contribution in [-0.4, -0.2) is 24.8 Å². The van der Waals surface area contributed by atoms with E-state index in [2.05, 4.69) is 43.1 Å². The Balaban J connectivity index is 1.64. The van der Waals surface area contributed by atoms with E-state index in [4.69, 9.17) is 9.47 Å². The minimum atomic E-state index is 0.715. The van der Waals surface area contributed by atoms with Gasteiger partial charge in [0.1, 0.15) is 5.75 Å². The van der Waals surface area contributed by atoms with Gasteiger partial charge in [-0.25, -0.2) is 0 Å². The van der Waals surface area contributed by atoms with E-state index >= 15 is 0 Å². The van der Waals surface area contributed by atoms with Gasteiger partial charge >= 0.3 is 0 Å². The third-order valence-electron chi connectivity index (χ3n) is 5.40. The molecule has 0 aliphatic heterocycles. The molecule has 0 atom stereocenters. The smallest absolute Gasteiger partial charge is 0.137 e. The van der Waals surface area contributed by atoms with E-state index in [9.17, 15) is 0 Å². The van der Waals surface area contributed by atoms with E-state index in [-0.39, 0.29) is 0 Å². The second kappa shape index (κ2) is 15.9. The van der Waals surface area contributed by atoms with Crippen molar-refractivity contribution in [3.05, 3.63) is 48.2 Å². The van der Waals surface area contributed by atoms with Crippen molar-refractivity contribution in [2.24, 2.45) is 0 Å². The van der Waals surface area contributed by atoms with Gasteiger partial charge < -0.3 is 9.47 Å². The normalized spacial score (nSPS) is 11.0. The molecule has 3 heteroatoms. The van der Waals surface area contributed by atoms with E-state index in [1.54, 1.807) is 0 Å². The number of benzene rings is 1. The highest BCUT2D eigenvalue weighted by molar-refractivity contribution is 5.59. The van der Waals surface area contributed by atoms with E-state index < -0.39 is 0 Å². The van der Waals surface area contributed by atoms with Gasteiger partial charge in [-0.1, -0.05) is 76.6 Å². The summed E-state index contributed by atoms with van der Waals surface area (Å²) < 4.78 is 11.4. The zero-order valence-electron chi connectivity index (χ0n) is 19.2. The highest BCUT2D eigenvalue weighted by Crippen LogP contribution is 2.21. The predicted octanol–water partition coefficient (Wildman–Crippen LogP) is 7.63. The van der Waals surface area contributed by atoms with Crippen LogP contribution in [0.4, 0.5) is 0 Å². The molecule has 2 rings (SSSR count). The molecule has 0 radical (unpaired) electrons. The maximum atomic E-state index is 5.82. The molecule has 0 amide bonds. The molecule has 0 N–H and O–H groups in total. The summed E-state index contributed by atoms with van der Waals surface area (Å²) in [7, 11) is 0. The van der Waals surface area contributed by atoms with E-state index in [1.807, 2.05) is 18.3 Å². The molecule has 1 heterocycles. The van der Waals surface area contributed by atoms with Crippen molar-refractivity contribution in [1.82, 2.24) is 4.98 Å². The van der Waals surface area contributed by atoms with Crippen LogP contribution in [0.2, 0.25) is 0 Å². The van der Waals surface area contributed by atoms with Crippen LogP contribution in [0.25, 0.3) is 11.3 Å². The minimum Gasteiger partial charge on any atom is -0.492 e. The number of nitrogens with zero attached hydrogens (tertiary/aromatic N) is 1. The lowest BCUT2D eigenvalue weighted by atomic mass is 10.0. The average molecular weight is 412 g/mol. The Morgan fingerprint density at radius 2 is 1.33 bits per heavy atom. The van der Waals surface area contributed by atoms with Gasteiger partial charge in [0.2, 0.25) is 0 Å². The molecule has 0 aliphatic rings. The fraction of sp³-hybridized carbons (Fsp3) is 0.593. The van der Waals surface area contributed by atoms with Crippen LogP contribution in [-0.2, 0) is 11.2 Å². The summed E-state index contributed by atoms with van der Waals surface area (Å²) in [4.78, 5) is 4.58. The number of hydrogen-bond acceptors (Lipinski definition) is 3. The third-order valence-corrected chi connectivity index (χ3v) is 5.40. The molecule has 0 bridgehead atoms. The van der Waals surface area contributed by atoms with Crippen LogP contribution < -0.4 is 4.74 Å². The molecule has 0 spiro atoms. The molecule has 0 saturated heterocycles. The molecule has 3 nitrogen and oxygen atoms in total. The topological polar surface area (TPSA) is 31.4 Å². The summed E-state index contributed by atoms with van der Waals surface area (Å²) in [6, 6.07) is 12.9. The second-order valence-electron chi connectivity index (χ2n) is 8.12. The Labute approximate surface area is 184 Å². The lowest BCUT2D eigenvalue weighted by Gasteiger charge is -2.08. The Hall–Kier alpha value is -1.87. The van der Waals surface area contributed by atoms with Gasteiger partial charge in [-0.15, -0.1) is 0 Å². The fourth-order valence-corrected chi connectivity index (χ4v) is 3.46.